The van der Waals surface area contributed by atoms with Crippen molar-refractivity contribution in [2.24, 2.45) is 5.92 Å². The molecule has 1 unspecified atom stereocenters. The Bertz CT molecular complexity index is 486. The third-order valence-corrected chi connectivity index (χ3v) is 2.91. The number of aliphatic hydroxyl groups excluding tert-OH is 1. The number of aromatic carboxylic acids is 1. The van der Waals surface area contributed by atoms with E-state index >= 15 is 0 Å². The largest absolute Gasteiger partial charge is 0.478 e. The highest BCUT2D eigenvalue weighted by Crippen LogP contribution is 2.34. The minimum atomic E-state index is -4.75. The van der Waals surface area contributed by atoms with Crippen LogP contribution in [0.3, 0.4) is 0 Å². The molecule has 0 saturated carbocycles. The molecule has 0 spiro atoms. The Morgan fingerprint density at radius 3 is 2.35 bits per heavy atom. The number of nitrogens with one attached hydrogen (secondary N) is 1. The lowest BCUT2D eigenvalue weighted by atomic mass is 10.0. The number of carboxylic acid groups (broad SMARTS) is 1. The van der Waals surface area contributed by atoms with Crippen LogP contribution in [0.1, 0.15) is 29.8 Å². The quantitative estimate of drug-likeness (QED) is 0.780. The second kappa shape index (κ2) is 6.13. The van der Waals surface area contributed by atoms with Crippen LogP contribution in [-0.2, 0) is 6.18 Å². The first-order valence-corrected chi connectivity index (χ1v) is 5.98. The Kier molecular flexibility index (Phi) is 4.99. The minimum absolute atomic E-state index is 0.00786. The van der Waals surface area contributed by atoms with Crippen LogP contribution in [0.15, 0.2) is 18.2 Å². The summed E-state index contributed by atoms with van der Waals surface area (Å²) in [5.74, 6) is -1.63. The van der Waals surface area contributed by atoms with Gasteiger partial charge in [-0.3, -0.25) is 0 Å². The van der Waals surface area contributed by atoms with E-state index in [2.05, 4.69) is 5.32 Å². The molecule has 3 N–H and O–H groups in total. The molecule has 20 heavy (non-hydrogen) atoms. The summed E-state index contributed by atoms with van der Waals surface area (Å²) in [6, 6.07) is 2.49. The highest BCUT2D eigenvalue weighted by Gasteiger charge is 2.35. The molecule has 0 amide bonds. The second-order valence-electron chi connectivity index (χ2n) is 4.74. The fourth-order valence-electron chi connectivity index (χ4n) is 1.69. The van der Waals surface area contributed by atoms with Crippen LogP contribution in [0, 0.1) is 5.92 Å². The maximum Gasteiger partial charge on any atom is 0.417 e. The Morgan fingerprint density at radius 1 is 1.35 bits per heavy atom. The number of benzene rings is 1. The summed E-state index contributed by atoms with van der Waals surface area (Å²) in [7, 11) is 0. The monoisotopic (exact) mass is 291 g/mol. The molecule has 1 atom stereocenters. The van der Waals surface area contributed by atoms with Gasteiger partial charge in [0.15, 0.2) is 0 Å². The van der Waals surface area contributed by atoms with Crippen molar-refractivity contribution in [1.29, 1.82) is 0 Å². The fourth-order valence-corrected chi connectivity index (χ4v) is 1.69. The van der Waals surface area contributed by atoms with Crippen LogP contribution >= 0.6 is 0 Å². The third-order valence-electron chi connectivity index (χ3n) is 2.91. The summed E-state index contributed by atoms with van der Waals surface area (Å²) in [4.78, 5) is 10.8. The number of halogens is 3. The number of hydrogen-bond acceptors (Lipinski definition) is 3. The van der Waals surface area contributed by atoms with Gasteiger partial charge in [0.1, 0.15) is 0 Å². The van der Waals surface area contributed by atoms with E-state index in [1.54, 1.807) is 0 Å². The lowest BCUT2D eigenvalue weighted by molar-refractivity contribution is -0.138. The zero-order valence-corrected chi connectivity index (χ0v) is 11.0. The molecule has 4 nitrogen and oxygen atoms in total. The van der Waals surface area contributed by atoms with Crippen molar-refractivity contribution in [3.8, 4) is 0 Å². The predicted molar refractivity (Wildman–Crippen MR) is 67.7 cm³/mol. The molecule has 1 aromatic carbocycles. The molecule has 7 heteroatoms. The van der Waals surface area contributed by atoms with E-state index < -0.39 is 29.3 Å². The van der Waals surface area contributed by atoms with Gasteiger partial charge in [0.05, 0.1) is 23.8 Å². The van der Waals surface area contributed by atoms with Gasteiger partial charge in [0.25, 0.3) is 0 Å². The molecule has 0 bridgehead atoms. The van der Waals surface area contributed by atoms with Gasteiger partial charge >= 0.3 is 12.1 Å². The standard InChI is InChI=1S/C13H16F3NO3/c1-7(2)11(6-18)17-8-3-4-9(12(19)20)10(5-8)13(14,15)16/h3-5,7,11,17-18H,6H2,1-2H3,(H,19,20). The van der Waals surface area contributed by atoms with Gasteiger partial charge in [0.2, 0.25) is 0 Å². The van der Waals surface area contributed by atoms with Crippen molar-refractivity contribution in [2.45, 2.75) is 26.1 Å². The van der Waals surface area contributed by atoms with Crippen molar-refractivity contribution in [1.82, 2.24) is 0 Å². The highest BCUT2D eigenvalue weighted by atomic mass is 19.4. The number of carbonyl (C=O) groups is 1. The number of anilines is 1. The van der Waals surface area contributed by atoms with E-state index in [4.69, 9.17) is 10.2 Å². The number of aliphatic hydroxyl groups is 1. The smallest absolute Gasteiger partial charge is 0.417 e. The third kappa shape index (κ3) is 3.86. The predicted octanol–water partition coefficient (Wildman–Crippen LogP) is 2.83. The van der Waals surface area contributed by atoms with E-state index in [1.165, 1.54) is 6.07 Å². The van der Waals surface area contributed by atoms with E-state index in [0.29, 0.717) is 0 Å². The van der Waals surface area contributed by atoms with E-state index in [-0.39, 0.29) is 18.2 Å². The Hall–Kier alpha value is -1.76. The van der Waals surface area contributed by atoms with Crippen molar-refractivity contribution < 1.29 is 28.2 Å². The Labute approximate surface area is 114 Å². The van der Waals surface area contributed by atoms with Crippen molar-refractivity contribution in [3.05, 3.63) is 29.3 Å². The maximum absolute atomic E-state index is 12.8. The molecule has 1 aromatic rings. The molecule has 0 aromatic heterocycles. The first-order valence-electron chi connectivity index (χ1n) is 5.98. The van der Waals surface area contributed by atoms with Crippen LogP contribution in [0.25, 0.3) is 0 Å². The van der Waals surface area contributed by atoms with Crippen LogP contribution in [0.2, 0.25) is 0 Å². The van der Waals surface area contributed by atoms with Crippen LogP contribution in [0.4, 0.5) is 18.9 Å². The zero-order chi connectivity index (χ0) is 15.5. The summed E-state index contributed by atoms with van der Waals surface area (Å²) < 4.78 is 38.5. The summed E-state index contributed by atoms with van der Waals surface area (Å²) in [6.45, 7) is 3.38. The second-order valence-corrected chi connectivity index (χ2v) is 4.74. The van der Waals surface area contributed by atoms with Gasteiger partial charge in [-0.25, -0.2) is 4.79 Å². The first kappa shape index (κ1) is 16.3. The van der Waals surface area contributed by atoms with Crippen molar-refractivity contribution in [2.75, 3.05) is 11.9 Å². The lowest BCUT2D eigenvalue weighted by Gasteiger charge is -2.22. The number of carboxylic acids is 1. The topological polar surface area (TPSA) is 69.6 Å². The molecule has 0 radical (unpaired) electrons. The lowest BCUT2D eigenvalue weighted by Crippen LogP contribution is -2.29. The van der Waals surface area contributed by atoms with Crippen LogP contribution in [-0.4, -0.2) is 28.8 Å². The Morgan fingerprint density at radius 2 is 1.95 bits per heavy atom. The van der Waals surface area contributed by atoms with E-state index in [1.807, 2.05) is 13.8 Å². The molecule has 0 aliphatic heterocycles. The van der Waals surface area contributed by atoms with Crippen LogP contribution < -0.4 is 5.32 Å². The molecule has 0 aliphatic carbocycles. The number of alkyl halides is 3. The molecule has 0 heterocycles. The molecule has 0 aliphatic rings. The van der Waals surface area contributed by atoms with Gasteiger partial charge in [-0.05, 0) is 24.1 Å². The molecular weight excluding hydrogens is 275 g/mol. The van der Waals surface area contributed by atoms with Gasteiger partial charge < -0.3 is 15.5 Å². The average Bonchev–Trinajstić information content (AvgIpc) is 2.34. The molecule has 0 saturated heterocycles. The summed E-state index contributed by atoms with van der Waals surface area (Å²) in [5, 5.41) is 20.7. The molecule has 112 valence electrons. The summed E-state index contributed by atoms with van der Waals surface area (Å²) in [6.07, 6.45) is -4.75. The van der Waals surface area contributed by atoms with Crippen molar-refractivity contribution in [3.63, 3.8) is 0 Å². The Balaban J connectivity index is 3.16. The van der Waals surface area contributed by atoms with Gasteiger partial charge in [-0.15, -0.1) is 0 Å². The van der Waals surface area contributed by atoms with Gasteiger partial charge in [0, 0.05) is 5.69 Å². The van der Waals surface area contributed by atoms with E-state index in [0.717, 1.165) is 12.1 Å². The SMILES string of the molecule is CC(C)C(CO)Nc1ccc(C(=O)O)c(C(F)(F)F)c1. The molecule has 1 rings (SSSR count). The first-order chi connectivity index (χ1) is 9.16. The fraction of sp³-hybridized carbons (Fsp3) is 0.462. The van der Waals surface area contributed by atoms with E-state index in [9.17, 15) is 18.0 Å². The molecular formula is C13H16F3NO3. The van der Waals surface area contributed by atoms with Crippen molar-refractivity contribution >= 4 is 11.7 Å². The normalized spacial score (nSPS) is 13.3. The highest BCUT2D eigenvalue weighted by molar-refractivity contribution is 5.90. The molecule has 0 fully saturated rings. The van der Waals surface area contributed by atoms with Gasteiger partial charge in [-0.2, -0.15) is 13.2 Å². The van der Waals surface area contributed by atoms with Gasteiger partial charge in [-0.1, -0.05) is 13.8 Å². The van der Waals surface area contributed by atoms with Crippen LogP contribution in [0.5, 0.6) is 0 Å². The summed E-state index contributed by atoms with van der Waals surface area (Å²) in [5.41, 5.74) is -1.89. The average molecular weight is 291 g/mol. The number of rotatable bonds is 5. The number of hydrogen-bond donors (Lipinski definition) is 3. The minimum Gasteiger partial charge on any atom is -0.478 e. The maximum atomic E-state index is 12.8. The summed E-state index contributed by atoms with van der Waals surface area (Å²) >= 11 is 0. The zero-order valence-electron chi connectivity index (χ0n) is 11.0.